The number of carbonyl (C=O) groups is 1. The van der Waals surface area contributed by atoms with E-state index in [4.69, 9.17) is 9.15 Å². The number of hydrogen-bond acceptors (Lipinski definition) is 4. The molecule has 24 heavy (non-hydrogen) atoms. The molecule has 0 saturated carbocycles. The van der Waals surface area contributed by atoms with Crippen LogP contribution >= 0.6 is 11.8 Å². The van der Waals surface area contributed by atoms with Crippen LogP contribution in [0.2, 0.25) is 0 Å². The van der Waals surface area contributed by atoms with Crippen molar-refractivity contribution in [2.75, 3.05) is 19.4 Å². The lowest BCUT2D eigenvalue weighted by molar-refractivity contribution is -0.120. The van der Waals surface area contributed by atoms with Crippen molar-refractivity contribution >= 4 is 28.6 Å². The molecular formula is C19H19NO3S. The number of ether oxygens (including phenoxy) is 1. The van der Waals surface area contributed by atoms with E-state index < -0.39 is 0 Å². The number of hydrogen-bond donors (Lipinski definition) is 1. The Kier molecular flexibility index (Phi) is 5.43. The van der Waals surface area contributed by atoms with Gasteiger partial charge in [-0.25, -0.2) is 0 Å². The van der Waals surface area contributed by atoms with E-state index >= 15 is 0 Å². The van der Waals surface area contributed by atoms with Crippen LogP contribution in [0.1, 0.15) is 5.56 Å². The van der Waals surface area contributed by atoms with Gasteiger partial charge in [0, 0.05) is 34.2 Å². The van der Waals surface area contributed by atoms with Gasteiger partial charge in [0.2, 0.25) is 5.91 Å². The van der Waals surface area contributed by atoms with Gasteiger partial charge in [-0.1, -0.05) is 18.2 Å². The molecule has 5 heteroatoms. The first-order chi connectivity index (χ1) is 11.8. The fourth-order valence-electron chi connectivity index (χ4n) is 2.44. The van der Waals surface area contributed by atoms with E-state index in [1.165, 1.54) is 4.90 Å². The van der Waals surface area contributed by atoms with Crippen molar-refractivity contribution in [3.63, 3.8) is 0 Å². The molecule has 0 unspecified atom stereocenters. The summed E-state index contributed by atoms with van der Waals surface area (Å²) in [4.78, 5) is 13.3. The standard InChI is InChI=1S/C19H19NO3S/c1-22-15-7-8-17-14(13-23-18(17)12-15)11-19(21)20-9-10-24-16-5-3-2-4-6-16/h2-8,12-13H,9-11H2,1H3,(H,20,21). The molecule has 3 aromatic rings. The Labute approximate surface area is 145 Å². The fourth-order valence-corrected chi connectivity index (χ4v) is 3.23. The quantitative estimate of drug-likeness (QED) is 0.523. The molecule has 0 radical (unpaired) electrons. The molecule has 0 bridgehead atoms. The molecule has 1 heterocycles. The summed E-state index contributed by atoms with van der Waals surface area (Å²) >= 11 is 1.73. The molecule has 0 aliphatic carbocycles. The van der Waals surface area contributed by atoms with Gasteiger partial charge in [0.15, 0.2) is 0 Å². The van der Waals surface area contributed by atoms with E-state index in [0.29, 0.717) is 13.0 Å². The first kappa shape index (κ1) is 16.5. The number of fused-ring (bicyclic) bond motifs is 1. The summed E-state index contributed by atoms with van der Waals surface area (Å²) in [7, 11) is 1.62. The van der Waals surface area contributed by atoms with Crippen molar-refractivity contribution < 1.29 is 13.9 Å². The summed E-state index contributed by atoms with van der Waals surface area (Å²) in [6.45, 7) is 0.641. The van der Waals surface area contributed by atoms with Gasteiger partial charge >= 0.3 is 0 Å². The van der Waals surface area contributed by atoms with Crippen LogP contribution in [0.15, 0.2) is 64.1 Å². The first-order valence-corrected chi connectivity index (χ1v) is 8.73. The lowest BCUT2D eigenvalue weighted by Crippen LogP contribution is -2.27. The monoisotopic (exact) mass is 341 g/mol. The zero-order valence-corrected chi connectivity index (χ0v) is 14.3. The molecule has 0 aliphatic rings. The Hall–Kier alpha value is -2.40. The summed E-state index contributed by atoms with van der Waals surface area (Å²) < 4.78 is 10.7. The van der Waals surface area contributed by atoms with Crippen LogP contribution in [0.5, 0.6) is 5.75 Å². The Morgan fingerprint density at radius 3 is 2.83 bits per heavy atom. The molecule has 0 atom stereocenters. The third-order valence-electron chi connectivity index (χ3n) is 3.65. The van der Waals surface area contributed by atoms with E-state index in [0.717, 1.165) is 28.0 Å². The lowest BCUT2D eigenvalue weighted by atomic mass is 10.1. The molecule has 2 aromatic carbocycles. The van der Waals surface area contributed by atoms with E-state index in [1.54, 1.807) is 25.1 Å². The van der Waals surface area contributed by atoms with Gasteiger partial charge < -0.3 is 14.5 Å². The predicted molar refractivity (Wildman–Crippen MR) is 96.6 cm³/mol. The highest BCUT2D eigenvalue weighted by atomic mass is 32.2. The molecule has 3 rings (SSSR count). The van der Waals surface area contributed by atoms with E-state index in [1.807, 2.05) is 36.4 Å². The number of thioether (sulfide) groups is 1. The molecule has 0 saturated heterocycles. The van der Waals surface area contributed by atoms with Gasteiger partial charge in [0.25, 0.3) is 0 Å². The highest BCUT2D eigenvalue weighted by Crippen LogP contribution is 2.25. The normalized spacial score (nSPS) is 10.7. The van der Waals surface area contributed by atoms with Gasteiger partial charge in [0.1, 0.15) is 11.3 Å². The van der Waals surface area contributed by atoms with Crippen LogP contribution in [-0.2, 0) is 11.2 Å². The minimum Gasteiger partial charge on any atom is -0.497 e. The second kappa shape index (κ2) is 7.93. The Bertz CT molecular complexity index is 814. The molecule has 1 aromatic heterocycles. The smallest absolute Gasteiger partial charge is 0.224 e. The Balaban J connectivity index is 1.50. The van der Waals surface area contributed by atoms with Gasteiger partial charge in [-0.2, -0.15) is 0 Å². The van der Waals surface area contributed by atoms with Crippen molar-refractivity contribution in [2.24, 2.45) is 0 Å². The fraction of sp³-hybridized carbons (Fsp3) is 0.211. The van der Waals surface area contributed by atoms with Gasteiger partial charge in [0.05, 0.1) is 19.8 Å². The summed E-state index contributed by atoms with van der Waals surface area (Å²) in [5.74, 6) is 1.59. The number of methoxy groups -OCH3 is 1. The highest BCUT2D eigenvalue weighted by Gasteiger charge is 2.11. The van der Waals surface area contributed by atoms with E-state index in [9.17, 15) is 4.79 Å². The van der Waals surface area contributed by atoms with Crippen LogP contribution < -0.4 is 10.1 Å². The maximum absolute atomic E-state index is 12.1. The van der Waals surface area contributed by atoms with Crippen molar-refractivity contribution in [1.29, 1.82) is 0 Å². The van der Waals surface area contributed by atoms with E-state index in [-0.39, 0.29) is 5.91 Å². The van der Waals surface area contributed by atoms with Crippen molar-refractivity contribution in [2.45, 2.75) is 11.3 Å². The maximum atomic E-state index is 12.1. The number of benzene rings is 2. The molecular weight excluding hydrogens is 322 g/mol. The summed E-state index contributed by atoms with van der Waals surface area (Å²) in [6, 6.07) is 15.8. The SMILES string of the molecule is COc1ccc2c(CC(=O)NCCSc3ccccc3)coc2c1. The van der Waals surface area contributed by atoms with Crippen LogP contribution in [0.4, 0.5) is 0 Å². The van der Waals surface area contributed by atoms with Crippen molar-refractivity contribution in [3.05, 3.63) is 60.4 Å². The van der Waals surface area contributed by atoms with Crippen LogP contribution in [-0.4, -0.2) is 25.3 Å². The number of furan rings is 1. The Morgan fingerprint density at radius 2 is 2.04 bits per heavy atom. The second-order valence-electron chi connectivity index (χ2n) is 5.31. The number of rotatable bonds is 7. The molecule has 124 valence electrons. The topological polar surface area (TPSA) is 51.5 Å². The minimum atomic E-state index is 0.00202. The molecule has 0 aliphatic heterocycles. The van der Waals surface area contributed by atoms with Gasteiger partial charge in [-0.3, -0.25) is 4.79 Å². The molecule has 1 amide bonds. The molecule has 0 fully saturated rings. The molecule has 0 spiro atoms. The number of amides is 1. The Morgan fingerprint density at radius 1 is 1.21 bits per heavy atom. The first-order valence-electron chi connectivity index (χ1n) is 7.75. The average Bonchev–Trinajstić information content (AvgIpc) is 3.01. The van der Waals surface area contributed by atoms with Crippen LogP contribution in [0, 0.1) is 0 Å². The predicted octanol–water partition coefficient (Wildman–Crippen LogP) is 3.89. The van der Waals surface area contributed by atoms with Gasteiger partial charge in [-0.05, 0) is 24.3 Å². The average molecular weight is 341 g/mol. The number of nitrogens with one attached hydrogen (secondary N) is 1. The summed E-state index contributed by atoms with van der Waals surface area (Å²) in [5, 5.41) is 3.90. The number of carbonyl (C=O) groups excluding carboxylic acids is 1. The highest BCUT2D eigenvalue weighted by molar-refractivity contribution is 7.99. The minimum absolute atomic E-state index is 0.00202. The van der Waals surface area contributed by atoms with Crippen LogP contribution in [0.25, 0.3) is 11.0 Å². The van der Waals surface area contributed by atoms with Crippen molar-refractivity contribution in [1.82, 2.24) is 5.32 Å². The maximum Gasteiger partial charge on any atom is 0.224 e. The summed E-state index contributed by atoms with van der Waals surface area (Å²) in [5.41, 5.74) is 1.62. The lowest BCUT2D eigenvalue weighted by Gasteiger charge is -2.05. The summed E-state index contributed by atoms with van der Waals surface area (Å²) in [6.07, 6.45) is 1.96. The zero-order valence-electron chi connectivity index (χ0n) is 13.5. The third kappa shape index (κ3) is 4.11. The van der Waals surface area contributed by atoms with Gasteiger partial charge in [-0.15, -0.1) is 11.8 Å². The van der Waals surface area contributed by atoms with E-state index in [2.05, 4.69) is 17.4 Å². The largest absolute Gasteiger partial charge is 0.497 e. The molecule has 4 nitrogen and oxygen atoms in total. The van der Waals surface area contributed by atoms with Crippen molar-refractivity contribution in [3.8, 4) is 5.75 Å². The molecule has 1 N–H and O–H groups in total. The third-order valence-corrected chi connectivity index (χ3v) is 4.66. The zero-order chi connectivity index (χ0) is 16.8. The van der Waals surface area contributed by atoms with Crippen LogP contribution in [0.3, 0.4) is 0 Å². The second-order valence-corrected chi connectivity index (χ2v) is 6.48.